The standard InChI is InChI=1S/C25H28N2O6/c1-15(2)11-21(22(28)27-13-25(32,14-27)23(29)30)26-24(31)33-12-20-18-9-5-3-7-16(18)17-8-4-6-10-19(17)20/h3-10,15,20-21,32H,11-14H2,1-2H3,(H,26,31)(H,29,30). The van der Waals surface area contributed by atoms with E-state index < -0.39 is 29.6 Å². The van der Waals surface area contributed by atoms with E-state index in [4.69, 9.17) is 9.84 Å². The van der Waals surface area contributed by atoms with Gasteiger partial charge in [0.05, 0.1) is 13.1 Å². The van der Waals surface area contributed by atoms with Crippen molar-refractivity contribution in [3.05, 3.63) is 59.7 Å². The van der Waals surface area contributed by atoms with Crippen LogP contribution in [0.25, 0.3) is 11.1 Å². The minimum absolute atomic E-state index is 0.0941. The molecular formula is C25H28N2O6. The van der Waals surface area contributed by atoms with Crippen LogP contribution in [0.15, 0.2) is 48.5 Å². The highest BCUT2D eigenvalue weighted by Crippen LogP contribution is 2.44. The van der Waals surface area contributed by atoms with Gasteiger partial charge in [0.2, 0.25) is 5.91 Å². The van der Waals surface area contributed by atoms with Gasteiger partial charge in [-0.1, -0.05) is 62.4 Å². The lowest BCUT2D eigenvalue weighted by Gasteiger charge is -2.44. The molecule has 0 bridgehead atoms. The maximum atomic E-state index is 12.8. The molecule has 1 unspecified atom stereocenters. The second-order valence-corrected chi connectivity index (χ2v) is 9.18. The van der Waals surface area contributed by atoms with E-state index in [1.807, 2.05) is 50.2 Å². The molecule has 2 aromatic carbocycles. The third kappa shape index (κ3) is 4.43. The number of nitrogens with zero attached hydrogens (tertiary/aromatic N) is 1. The minimum atomic E-state index is -1.93. The van der Waals surface area contributed by atoms with E-state index >= 15 is 0 Å². The Kier molecular flexibility index (Phi) is 6.12. The summed E-state index contributed by atoms with van der Waals surface area (Å²) in [5, 5.41) is 21.6. The molecule has 2 amide bonds. The summed E-state index contributed by atoms with van der Waals surface area (Å²) in [6.07, 6.45) is -0.338. The molecule has 1 aliphatic carbocycles. The molecule has 1 atom stereocenters. The summed E-state index contributed by atoms with van der Waals surface area (Å²) in [4.78, 5) is 37.8. The first kappa shape index (κ1) is 22.8. The summed E-state index contributed by atoms with van der Waals surface area (Å²) in [5.41, 5.74) is 2.50. The molecule has 1 heterocycles. The van der Waals surface area contributed by atoms with Crippen LogP contribution >= 0.6 is 0 Å². The smallest absolute Gasteiger partial charge is 0.407 e. The van der Waals surface area contributed by atoms with Gasteiger partial charge in [-0.25, -0.2) is 9.59 Å². The summed E-state index contributed by atoms with van der Waals surface area (Å²) in [6.45, 7) is 3.36. The van der Waals surface area contributed by atoms with Crippen molar-refractivity contribution in [2.75, 3.05) is 19.7 Å². The van der Waals surface area contributed by atoms with E-state index in [-0.39, 0.29) is 31.5 Å². The zero-order valence-electron chi connectivity index (χ0n) is 18.7. The number of ether oxygens (including phenoxy) is 1. The van der Waals surface area contributed by atoms with Gasteiger partial charge in [-0.05, 0) is 34.6 Å². The van der Waals surface area contributed by atoms with Crippen molar-refractivity contribution >= 4 is 18.0 Å². The SMILES string of the molecule is CC(C)CC(NC(=O)OCC1c2ccccc2-c2ccccc21)C(=O)N1CC(O)(C(=O)O)C1. The van der Waals surface area contributed by atoms with Gasteiger partial charge >= 0.3 is 12.1 Å². The summed E-state index contributed by atoms with van der Waals surface area (Å²) in [5.74, 6) is -1.78. The van der Waals surface area contributed by atoms with E-state index in [9.17, 15) is 19.5 Å². The van der Waals surface area contributed by atoms with E-state index in [2.05, 4.69) is 17.4 Å². The quantitative estimate of drug-likeness (QED) is 0.595. The number of β-amino-alcohol motifs (C(OH)–C–C–N with tert-alkyl or cyclic N) is 1. The number of alkyl carbamates (subject to hydrolysis) is 1. The van der Waals surface area contributed by atoms with Crippen molar-refractivity contribution in [2.45, 2.75) is 37.8 Å². The monoisotopic (exact) mass is 452 g/mol. The highest BCUT2D eigenvalue weighted by molar-refractivity contribution is 5.89. The third-order valence-corrected chi connectivity index (χ3v) is 6.26. The number of benzene rings is 2. The molecule has 0 spiro atoms. The number of carbonyl (C=O) groups excluding carboxylic acids is 2. The third-order valence-electron chi connectivity index (χ3n) is 6.26. The fourth-order valence-electron chi connectivity index (χ4n) is 4.57. The van der Waals surface area contributed by atoms with Gasteiger partial charge in [0.15, 0.2) is 5.60 Å². The molecule has 8 nitrogen and oxygen atoms in total. The predicted octanol–water partition coefficient (Wildman–Crippen LogP) is 2.60. The Bertz CT molecular complexity index is 1030. The van der Waals surface area contributed by atoms with Crippen LogP contribution in [0.4, 0.5) is 4.79 Å². The van der Waals surface area contributed by atoms with Crippen LogP contribution in [0.2, 0.25) is 0 Å². The highest BCUT2D eigenvalue weighted by Gasteiger charge is 2.51. The molecule has 3 N–H and O–H groups in total. The maximum absolute atomic E-state index is 12.8. The topological polar surface area (TPSA) is 116 Å². The predicted molar refractivity (Wildman–Crippen MR) is 121 cm³/mol. The fourth-order valence-corrected chi connectivity index (χ4v) is 4.57. The molecule has 1 fully saturated rings. The molecule has 2 aromatic rings. The van der Waals surface area contributed by atoms with E-state index in [1.165, 1.54) is 4.90 Å². The number of likely N-dealkylation sites (tertiary alicyclic amines) is 1. The molecule has 2 aliphatic rings. The largest absolute Gasteiger partial charge is 0.479 e. The van der Waals surface area contributed by atoms with Crippen LogP contribution < -0.4 is 5.32 Å². The van der Waals surface area contributed by atoms with Crippen LogP contribution in [0.1, 0.15) is 37.3 Å². The van der Waals surface area contributed by atoms with Gasteiger partial charge in [0, 0.05) is 5.92 Å². The Morgan fingerprint density at radius 1 is 1.06 bits per heavy atom. The molecule has 4 rings (SSSR count). The number of fused-ring (bicyclic) bond motifs is 3. The van der Waals surface area contributed by atoms with Crippen molar-refractivity contribution in [3.63, 3.8) is 0 Å². The van der Waals surface area contributed by atoms with Crippen molar-refractivity contribution in [2.24, 2.45) is 5.92 Å². The summed E-state index contributed by atoms with van der Waals surface area (Å²) >= 11 is 0. The number of nitrogens with one attached hydrogen (secondary N) is 1. The summed E-state index contributed by atoms with van der Waals surface area (Å²) in [6, 6.07) is 15.2. The zero-order valence-corrected chi connectivity index (χ0v) is 18.7. The Labute approximate surface area is 192 Å². The molecule has 33 heavy (non-hydrogen) atoms. The lowest BCUT2D eigenvalue weighted by atomic mass is 9.92. The van der Waals surface area contributed by atoms with Crippen molar-refractivity contribution < 1.29 is 29.3 Å². The van der Waals surface area contributed by atoms with Crippen molar-refractivity contribution in [3.8, 4) is 11.1 Å². The first-order valence-electron chi connectivity index (χ1n) is 11.1. The van der Waals surface area contributed by atoms with Gasteiger partial charge in [-0.2, -0.15) is 0 Å². The lowest BCUT2D eigenvalue weighted by Crippen LogP contribution is -2.69. The molecular weight excluding hydrogens is 424 g/mol. The molecule has 0 aromatic heterocycles. The molecule has 8 heteroatoms. The van der Waals surface area contributed by atoms with E-state index in [1.54, 1.807) is 0 Å². The van der Waals surface area contributed by atoms with Crippen LogP contribution in [0.3, 0.4) is 0 Å². The summed E-state index contributed by atoms with van der Waals surface area (Å²) < 4.78 is 5.55. The molecule has 0 radical (unpaired) electrons. The Hall–Kier alpha value is -3.39. The van der Waals surface area contributed by atoms with Crippen LogP contribution in [-0.4, -0.2) is 64.4 Å². The van der Waals surface area contributed by atoms with Gasteiger partial charge in [0.1, 0.15) is 12.6 Å². The van der Waals surface area contributed by atoms with Gasteiger partial charge < -0.3 is 25.2 Å². The zero-order chi connectivity index (χ0) is 23.8. The minimum Gasteiger partial charge on any atom is -0.479 e. The normalized spacial score (nSPS) is 17.0. The Morgan fingerprint density at radius 2 is 1.61 bits per heavy atom. The second kappa shape index (κ2) is 8.86. The van der Waals surface area contributed by atoms with E-state index in [0.717, 1.165) is 22.3 Å². The molecule has 1 saturated heterocycles. The van der Waals surface area contributed by atoms with Crippen LogP contribution in [0.5, 0.6) is 0 Å². The van der Waals surface area contributed by atoms with Crippen LogP contribution in [0, 0.1) is 5.92 Å². The fraction of sp³-hybridized carbons (Fsp3) is 0.400. The number of hydrogen-bond donors (Lipinski definition) is 3. The number of aliphatic carboxylic acids is 1. The van der Waals surface area contributed by atoms with Gasteiger partial charge in [-0.3, -0.25) is 4.79 Å². The average molecular weight is 453 g/mol. The lowest BCUT2D eigenvalue weighted by molar-refractivity contribution is -0.182. The highest BCUT2D eigenvalue weighted by atomic mass is 16.5. The molecule has 174 valence electrons. The van der Waals surface area contributed by atoms with Gasteiger partial charge in [0.25, 0.3) is 0 Å². The number of carbonyl (C=O) groups is 3. The average Bonchev–Trinajstić information content (AvgIpc) is 3.08. The second-order valence-electron chi connectivity index (χ2n) is 9.18. The Balaban J connectivity index is 1.40. The maximum Gasteiger partial charge on any atom is 0.407 e. The molecule has 0 saturated carbocycles. The van der Waals surface area contributed by atoms with Crippen molar-refractivity contribution in [1.82, 2.24) is 10.2 Å². The van der Waals surface area contributed by atoms with Gasteiger partial charge in [-0.15, -0.1) is 0 Å². The number of rotatable bonds is 7. The number of carboxylic acids is 1. The number of carboxylic acid groups (broad SMARTS) is 1. The van der Waals surface area contributed by atoms with Crippen molar-refractivity contribution in [1.29, 1.82) is 0 Å². The number of amides is 2. The Morgan fingerprint density at radius 3 is 2.12 bits per heavy atom. The summed E-state index contributed by atoms with van der Waals surface area (Å²) in [7, 11) is 0. The first-order chi connectivity index (χ1) is 15.7. The number of hydrogen-bond acceptors (Lipinski definition) is 5. The van der Waals surface area contributed by atoms with E-state index in [0.29, 0.717) is 6.42 Å². The van der Waals surface area contributed by atoms with Crippen LogP contribution in [-0.2, 0) is 14.3 Å². The first-order valence-corrected chi connectivity index (χ1v) is 11.1. The molecule has 1 aliphatic heterocycles. The number of aliphatic hydroxyl groups is 1.